The van der Waals surface area contributed by atoms with Crippen molar-refractivity contribution in [1.82, 2.24) is 10.6 Å². The smallest absolute Gasteiger partial charge is 0.326 e. The summed E-state index contributed by atoms with van der Waals surface area (Å²) in [4.78, 5) is 23.2. The van der Waals surface area contributed by atoms with E-state index >= 15 is 0 Å². The van der Waals surface area contributed by atoms with Crippen LogP contribution in [0, 0.1) is 5.92 Å². The predicted molar refractivity (Wildman–Crippen MR) is 74.3 cm³/mol. The molecule has 0 bridgehead atoms. The van der Waals surface area contributed by atoms with Crippen molar-refractivity contribution in [3.63, 3.8) is 0 Å². The van der Waals surface area contributed by atoms with E-state index in [0.29, 0.717) is 25.4 Å². The molecule has 0 aromatic rings. The molecule has 7 heteroatoms. The first-order valence-electron chi connectivity index (χ1n) is 6.43. The minimum absolute atomic E-state index is 0.0278. The summed E-state index contributed by atoms with van der Waals surface area (Å²) in [5.41, 5.74) is 0. The summed E-state index contributed by atoms with van der Waals surface area (Å²) in [6, 6.07) is -0.845. The Kier molecular flexibility index (Phi) is 7.19. The topological polar surface area (TPSA) is 87.7 Å². The lowest BCUT2D eigenvalue weighted by atomic mass is 10.0. The minimum atomic E-state index is -0.985. The summed E-state index contributed by atoms with van der Waals surface area (Å²) in [6.07, 6.45) is 2.34. The first-order valence-corrected chi connectivity index (χ1v) is 7.82. The second kappa shape index (κ2) is 8.39. The lowest BCUT2D eigenvalue weighted by Crippen LogP contribution is -2.49. The number of hydrogen-bond donors (Lipinski definition) is 3. The molecular weight excluding hydrogens is 268 g/mol. The summed E-state index contributed by atoms with van der Waals surface area (Å²) in [5, 5.41) is 14.9. The van der Waals surface area contributed by atoms with Gasteiger partial charge in [-0.1, -0.05) is 6.92 Å². The fourth-order valence-electron chi connectivity index (χ4n) is 2.05. The van der Waals surface area contributed by atoms with Crippen LogP contribution in [0.15, 0.2) is 0 Å². The number of carbonyl (C=O) groups excluding carboxylic acids is 1. The summed E-state index contributed by atoms with van der Waals surface area (Å²) < 4.78 is 5.29. The van der Waals surface area contributed by atoms with Gasteiger partial charge in [-0.15, -0.1) is 0 Å². The maximum absolute atomic E-state index is 12.1. The van der Waals surface area contributed by atoms with E-state index in [1.165, 1.54) is 0 Å². The van der Waals surface area contributed by atoms with Gasteiger partial charge < -0.3 is 20.5 Å². The number of hydrogen-bond acceptors (Lipinski definition) is 5. The van der Waals surface area contributed by atoms with Gasteiger partial charge in [0.25, 0.3) is 0 Å². The third-order valence-corrected chi connectivity index (χ3v) is 3.75. The molecule has 0 spiro atoms. The minimum Gasteiger partial charge on any atom is -0.480 e. The molecule has 3 N–H and O–H groups in total. The van der Waals surface area contributed by atoms with E-state index in [4.69, 9.17) is 9.84 Å². The van der Waals surface area contributed by atoms with Crippen LogP contribution in [0.2, 0.25) is 0 Å². The van der Waals surface area contributed by atoms with Gasteiger partial charge in [-0.05, 0) is 25.0 Å². The Morgan fingerprint density at radius 2 is 2.21 bits per heavy atom. The predicted octanol–water partition coefficient (Wildman–Crippen LogP) is -0.0666. The number of amides is 1. The Bertz CT molecular complexity index is 314. The van der Waals surface area contributed by atoms with Crippen LogP contribution in [0.5, 0.6) is 0 Å². The van der Waals surface area contributed by atoms with E-state index < -0.39 is 12.0 Å². The van der Waals surface area contributed by atoms with Gasteiger partial charge in [-0.25, -0.2) is 4.79 Å². The summed E-state index contributed by atoms with van der Waals surface area (Å²) in [7, 11) is 0. The van der Waals surface area contributed by atoms with Crippen LogP contribution >= 0.6 is 11.8 Å². The van der Waals surface area contributed by atoms with E-state index in [0.717, 1.165) is 6.54 Å². The summed E-state index contributed by atoms with van der Waals surface area (Å²) in [6.45, 7) is 3.56. The molecule has 0 aromatic carbocycles. The number of likely N-dealkylation sites (N-methyl/N-ethyl adjacent to an activating group) is 1. The highest BCUT2D eigenvalue weighted by Crippen LogP contribution is 2.14. The van der Waals surface area contributed by atoms with Crippen LogP contribution in [0.1, 0.15) is 13.3 Å². The highest BCUT2D eigenvalue weighted by atomic mass is 32.2. The second-order valence-electron chi connectivity index (χ2n) is 4.49. The molecular formula is C12H22N2O4S. The average Bonchev–Trinajstić information content (AvgIpc) is 2.82. The average molecular weight is 290 g/mol. The van der Waals surface area contributed by atoms with E-state index in [1.54, 1.807) is 11.8 Å². The molecule has 0 saturated carbocycles. The van der Waals surface area contributed by atoms with Crippen LogP contribution in [0.4, 0.5) is 0 Å². The van der Waals surface area contributed by atoms with Gasteiger partial charge in [-0.2, -0.15) is 11.8 Å². The van der Waals surface area contributed by atoms with Crippen molar-refractivity contribution in [3.05, 3.63) is 0 Å². The molecule has 1 amide bonds. The largest absolute Gasteiger partial charge is 0.480 e. The zero-order chi connectivity index (χ0) is 14.3. The molecule has 1 fully saturated rings. The highest BCUT2D eigenvalue weighted by molar-refractivity contribution is 7.98. The highest BCUT2D eigenvalue weighted by Gasteiger charge is 2.35. The number of nitrogens with one attached hydrogen (secondary N) is 2. The number of rotatable bonds is 8. The number of aliphatic carboxylic acids is 1. The molecule has 1 rings (SSSR count). The molecule has 110 valence electrons. The van der Waals surface area contributed by atoms with Gasteiger partial charge in [0.2, 0.25) is 5.91 Å². The zero-order valence-electron chi connectivity index (χ0n) is 11.3. The number of carbonyl (C=O) groups is 2. The Labute approximate surface area is 117 Å². The molecule has 3 unspecified atom stereocenters. The number of carboxylic acids is 1. The molecule has 1 heterocycles. The first kappa shape index (κ1) is 16.3. The standard InChI is InChI=1S/C12H22N2O4S/c1-3-13-10-7-18-6-8(10)11(15)14-9(12(16)17)4-5-19-2/h8-10,13H,3-7H2,1-2H3,(H,14,15)(H,16,17). The fraction of sp³-hybridized carbons (Fsp3) is 0.833. The molecule has 19 heavy (non-hydrogen) atoms. The second-order valence-corrected chi connectivity index (χ2v) is 5.47. The fourth-order valence-corrected chi connectivity index (χ4v) is 2.52. The van der Waals surface area contributed by atoms with Crippen LogP contribution in [0.3, 0.4) is 0 Å². The first-order chi connectivity index (χ1) is 9.10. The molecule has 1 aliphatic heterocycles. The van der Waals surface area contributed by atoms with Crippen LogP contribution in [-0.4, -0.2) is 60.8 Å². The van der Waals surface area contributed by atoms with Crippen molar-refractivity contribution in [1.29, 1.82) is 0 Å². The van der Waals surface area contributed by atoms with E-state index in [-0.39, 0.29) is 17.9 Å². The van der Waals surface area contributed by atoms with Gasteiger partial charge in [-0.3, -0.25) is 4.79 Å². The van der Waals surface area contributed by atoms with Crippen LogP contribution < -0.4 is 10.6 Å². The van der Waals surface area contributed by atoms with Gasteiger partial charge in [0.1, 0.15) is 6.04 Å². The monoisotopic (exact) mass is 290 g/mol. The molecule has 0 aromatic heterocycles. The van der Waals surface area contributed by atoms with Gasteiger partial charge in [0.05, 0.1) is 19.1 Å². The van der Waals surface area contributed by atoms with Gasteiger partial charge in [0.15, 0.2) is 0 Å². The van der Waals surface area contributed by atoms with Crippen LogP contribution in [0.25, 0.3) is 0 Å². The SMILES string of the molecule is CCNC1COCC1C(=O)NC(CCSC)C(=O)O. The van der Waals surface area contributed by atoms with Crippen molar-refractivity contribution < 1.29 is 19.4 Å². The number of carboxylic acid groups (broad SMARTS) is 1. The van der Waals surface area contributed by atoms with Crippen molar-refractivity contribution in [2.45, 2.75) is 25.4 Å². The Balaban J connectivity index is 2.53. The van der Waals surface area contributed by atoms with Crippen molar-refractivity contribution >= 4 is 23.6 Å². The van der Waals surface area contributed by atoms with Crippen LogP contribution in [-0.2, 0) is 14.3 Å². The van der Waals surface area contributed by atoms with Crippen molar-refractivity contribution in [3.8, 4) is 0 Å². The van der Waals surface area contributed by atoms with Gasteiger partial charge in [0, 0.05) is 6.04 Å². The third kappa shape index (κ3) is 5.00. The molecule has 1 saturated heterocycles. The zero-order valence-corrected chi connectivity index (χ0v) is 12.2. The Hall–Kier alpha value is -0.790. The molecule has 3 atom stereocenters. The molecule has 6 nitrogen and oxygen atoms in total. The van der Waals surface area contributed by atoms with E-state index in [1.807, 2.05) is 13.2 Å². The number of ether oxygens (including phenoxy) is 1. The van der Waals surface area contributed by atoms with Crippen molar-refractivity contribution in [2.75, 3.05) is 31.8 Å². The van der Waals surface area contributed by atoms with Crippen molar-refractivity contribution in [2.24, 2.45) is 5.92 Å². The molecule has 0 aliphatic carbocycles. The quantitative estimate of drug-likeness (QED) is 0.580. The van der Waals surface area contributed by atoms with E-state index in [2.05, 4.69) is 10.6 Å². The molecule has 1 aliphatic rings. The summed E-state index contributed by atoms with van der Waals surface area (Å²) >= 11 is 1.56. The Morgan fingerprint density at radius 1 is 1.47 bits per heavy atom. The van der Waals surface area contributed by atoms with E-state index in [9.17, 15) is 9.59 Å². The lowest BCUT2D eigenvalue weighted by molar-refractivity contribution is -0.142. The maximum Gasteiger partial charge on any atom is 0.326 e. The maximum atomic E-state index is 12.1. The normalized spacial score (nSPS) is 24.1. The summed E-state index contributed by atoms with van der Waals surface area (Å²) in [5.74, 6) is -0.830. The third-order valence-electron chi connectivity index (χ3n) is 3.11. The lowest BCUT2D eigenvalue weighted by Gasteiger charge is -2.20. The van der Waals surface area contributed by atoms with Gasteiger partial charge >= 0.3 is 5.97 Å². The number of thioether (sulfide) groups is 1. The Morgan fingerprint density at radius 3 is 2.79 bits per heavy atom. The molecule has 0 radical (unpaired) electrons.